The first kappa shape index (κ1) is 16.0. The number of ketones is 2. The maximum atomic E-state index is 12.1. The Bertz CT molecular complexity index is 792. The zero-order valence-electron chi connectivity index (χ0n) is 12.5. The van der Waals surface area contributed by atoms with Gasteiger partial charge in [0.2, 0.25) is 0 Å². The molecule has 0 N–H and O–H groups in total. The van der Waals surface area contributed by atoms with Gasteiger partial charge in [0.05, 0.1) is 17.8 Å². The normalized spacial score (nSPS) is 11.9. The summed E-state index contributed by atoms with van der Waals surface area (Å²) in [5.41, 5.74) is 2.77. The predicted octanol–water partition coefficient (Wildman–Crippen LogP) is 3.07. The summed E-state index contributed by atoms with van der Waals surface area (Å²) in [6, 6.07) is 15.6. The number of alkyl halides is 1. The van der Waals surface area contributed by atoms with Gasteiger partial charge in [-0.1, -0.05) is 48.5 Å². The number of carbonyl (C=O) groups is 2. The zero-order valence-corrected chi connectivity index (χ0v) is 13.3. The van der Waals surface area contributed by atoms with Crippen LogP contribution in [-0.2, 0) is 5.88 Å². The van der Waals surface area contributed by atoms with Crippen LogP contribution in [0.4, 0.5) is 0 Å². The maximum Gasteiger partial charge on any atom is 0.194 e. The average Bonchev–Trinajstić information content (AvgIpc) is 2.67. The number of rotatable bonds is 1. The van der Waals surface area contributed by atoms with E-state index in [2.05, 4.69) is 15.4 Å². The molecule has 1 aromatic heterocycles. The smallest absolute Gasteiger partial charge is 0.194 e. The number of hydrogen-bond acceptors (Lipinski definition) is 5. The van der Waals surface area contributed by atoms with E-state index in [0.717, 1.165) is 5.69 Å². The Morgan fingerprint density at radius 1 is 0.750 bits per heavy atom. The van der Waals surface area contributed by atoms with Crippen LogP contribution in [0.3, 0.4) is 0 Å². The maximum absolute atomic E-state index is 12.1. The molecule has 2 aromatic carbocycles. The molecule has 0 saturated heterocycles. The van der Waals surface area contributed by atoms with Crippen molar-refractivity contribution in [2.45, 2.75) is 5.88 Å². The van der Waals surface area contributed by atoms with Crippen LogP contribution in [-0.4, -0.2) is 27.0 Å². The molecule has 1 heterocycles. The van der Waals surface area contributed by atoms with E-state index >= 15 is 0 Å². The summed E-state index contributed by atoms with van der Waals surface area (Å²) in [4.78, 5) is 24.2. The molecule has 1 aliphatic rings. The Labute approximate surface area is 143 Å². The molecule has 0 saturated carbocycles. The third-order valence-electron chi connectivity index (χ3n) is 3.53. The molecule has 24 heavy (non-hydrogen) atoms. The minimum atomic E-state index is -0.0641. The van der Waals surface area contributed by atoms with E-state index in [1.165, 1.54) is 0 Å². The van der Waals surface area contributed by atoms with Crippen LogP contribution in [0.5, 0.6) is 0 Å². The van der Waals surface area contributed by atoms with Crippen LogP contribution in [0.2, 0.25) is 0 Å². The molecule has 0 spiro atoms. The van der Waals surface area contributed by atoms with Crippen molar-refractivity contribution in [3.63, 3.8) is 0 Å². The molecule has 6 heteroatoms. The third-order valence-corrected chi connectivity index (χ3v) is 3.80. The topological polar surface area (TPSA) is 72.8 Å². The second-order valence-corrected chi connectivity index (χ2v) is 5.26. The van der Waals surface area contributed by atoms with E-state index in [1.807, 2.05) is 0 Å². The fraction of sp³-hybridized carbons (Fsp3) is 0.0556. The van der Waals surface area contributed by atoms with Crippen molar-refractivity contribution in [3.05, 3.63) is 88.7 Å². The molecular formula is C18H12ClN3O2. The Hall–Kier alpha value is -2.92. The van der Waals surface area contributed by atoms with E-state index in [1.54, 1.807) is 60.8 Å². The van der Waals surface area contributed by atoms with Crippen LogP contribution >= 0.6 is 11.6 Å². The van der Waals surface area contributed by atoms with Gasteiger partial charge in [-0.05, 0) is 11.3 Å². The lowest BCUT2D eigenvalue weighted by Crippen LogP contribution is -2.20. The number of aromatic nitrogens is 3. The zero-order chi connectivity index (χ0) is 16.9. The number of hydrogen-bond donors (Lipinski definition) is 0. The number of benzene rings is 2. The lowest BCUT2D eigenvalue weighted by Gasteiger charge is -2.16. The molecule has 4 rings (SSSR count). The van der Waals surface area contributed by atoms with Crippen molar-refractivity contribution in [2.24, 2.45) is 0 Å². The van der Waals surface area contributed by atoms with Crippen molar-refractivity contribution >= 4 is 23.2 Å². The van der Waals surface area contributed by atoms with Gasteiger partial charge in [-0.3, -0.25) is 9.59 Å². The molecule has 3 aromatic rings. The first-order valence-electron chi connectivity index (χ1n) is 7.19. The highest BCUT2D eigenvalue weighted by molar-refractivity contribution is 6.28. The third kappa shape index (κ3) is 3.07. The van der Waals surface area contributed by atoms with Crippen molar-refractivity contribution < 1.29 is 9.59 Å². The largest absolute Gasteiger partial charge is 0.289 e. The Morgan fingerprint density at radius 3 is 1.50 bits per heavy atom. The molecule has 0 amide bonds. The minimum absolute atomic E-state index is 0.0641. The molecule has 0 aliphatic heterocycles. The van der Waals surface area contributed by atoms with Crippen molar-refractivity contribution in [1.29, 1.82) is 0 Å². The van der Waals surface area contributed by atoms with E-state index in [4.69, 9.17) is 11.6 Å². The lowest BCUT2D eigenvalue weighted by atomic mass is 9.84. The average molecular weight is 338 g/mol. The van der Waals surface area contributed by atoms with Gasteiger partial charge in [0.15, 0.2) is 11.6 Å². The Morgan fingerprint density at radius 2 is 1.21 bits per heavy atom. The van der Waals surface area contributed by atoms with Crippen molar-refractivity contribution in [2.75, 3.05) is 0 Å². The Kier molecular flexibility index (Phi) is 4.72. The highest BCUT2D eigenvalue weighted by Crippen LogP contribution is 2.26. The summed E-state index contributed by atoms with van der Waals surface area (Å²) in [7, 11) is 0. The van der Waals surface area contributed by atoms with Crippen LogP contribution < -0.4 is 0 Å². The molecular weight excluding hydrogens is 326 g/mol. The summed E-state index contributed by atoms with van der Waals surface area (Å²) in [6.07, 6.45) is 1.56. The predicted molar refractivity (Wildman–Crippen MR) is 89.1 cm³/mol. The van der Waals surface area contributed by atoms with E-state index < -0.39 is 0 Å². The molecule has 0 atom stereocenters. The van der Waals surface area contributed by atoms with Gasteiger partial charge in [0, 0.05) is 22.3 Å². The van der Waals surface area contributed by atoms with Gasteiger partial charge in [0.1, 0.15) is 0 Å². The molecule has 0 bridgehead atoms. The highest BCUT2D eigenvalue weighted by atomic mass is 35.5. The molecule has 5 nitrogen and oxygen atoms in total. The highest BCUT2D eigenvalue weighted by Gasteiger charge is 2.28. The van der Waals surface area contributed by atoms with Gasteiger partial charge in [0.25, 0.3) is 0 Å². The molecule has 0 fully saturated rings. The number of fused-ring (bicyclic) bond motifs is 2. The molecule has 0 unspecified atom stereocenters. The first-order valence-corrected chi connectivity index (χ1v) is 7.72. The van der Waals surface area contributed by atoms with Gasteiger partial charge in [-0.2, -0.15) is 0 Å². The SMILES string of the molecule is ClCc1ccnnn1.O=C1c2ccccc2C(=O)c2ccccc21. The van der Waals surface area contributed by atoms with Crippen LogP contribution in [0, 0.1) is 0 Å². The summed E-state index contributed by atoms with van der Waals surface area (Å²) in [5.74, 6) is 0.270. The number of carbonyl (C=O) groups excluding carboxylic acids is 2. The van der Waals surface area contributed by atoms with Gasteiger partial charge >= 0.3 is 0 Å². The van der Waals surface area contributed by atoms with Crippen molar-refractivity contribution in [1.82, 2.24) is 15.4 Å². The standard InChI is InChI=1S/C14H8O2.C4H4ClN3/c15-13-9-5-1-2-6-10(9)14(16)12-8-4-3-7-11(12)13;5-3-4-1-2-6-8-7-4/h1-8H;1-2H,3H2. The van der Waals surface area contributed by atoms with Gasteiger partial charge < -0.3 is 0 Å². The van der Waals surface area contributed by atoms with Crippen LogP contribution in [0.1, 0.15) is 37.5 Å². The molecule has 118 valence electrons. The summed E-state index contributed by atoms with van der Waals surface area (Å²) in [6.45, 7) is 0. The lowest BCUT2D eigenvalue weighted by molar-refractivity contribution is 0.0979. The second kappa shape index (κ2) is 7.10. The van der Waals surface area contributed by atoms with E-state index in [9.17, 15) is 9.59 Å². The first-order chi connectivity index (χ1) is 11.7. The summed E-state index contributed by atoms with van der Waals surface area (Å²) in [5, 5.41) is 10.4. The number of halogens is 1. The van der Waals surface area contributed by atoms with Crippen LogP contribution in [0.25, 0.3) is 0 Å². The van der Waals surface area contributed by atoms with E-state index in [0.29, 0.717) is 28.1 Å². The van der Waals surface area contributed by atoms with E-state index in [-0.39, 0.29) is 11.6 Å². The molecule has 0 radical (unpaired) electrons. The fourth-order valence-electron chi connectivity index (χ4n) is 2.39. The summed E-state index contributed by atoms with van der Waals surface area (Å²) < 4.78 is 0. The van der Waals surface area contributed by atoms with Gasteiger partial charge in [-0.25, -0.2) is 0 Å². The fourth-order valence-corrected chi connectivity index (χ4v) is 2.53. The summed E-state index contributed by atoms with van der Waals surface area (Å²) >= 11 is 5.40. The van der Waals surface area contributed by atoms with Crippen LogP contribution in [0.15, 0.2) is 60.8 Å². The number of nitrogens with zero attached hydrogens (tertiary/aromatic N) is 3. The monoisotopic (exact) mass is 337 g/mol. The van der Waals surface area contributed by atoms with Gasteiger partial charge in [-0.15, -0.1) is 21.8 Å². The quantitative estimate of drug-likeness (QED) is 0.499. The second-order valence-electron chi connectivity index (χ2n) is 5.00. The Balaban J connectivity index is 0.000000179. The van der Waals surface area contributed by atoms with Crippen molar-refractivity contribution in [3.8, 4) is 0 Å². The molecule has 1 aliphatic carbocycles. The minimum Gasteiger partial charge on any atom is -0.289 e.